The molecule has 1 aliphatic rings. The lowest BCUT2D eigenvalue weighted by Gasteiger charge is -2.34. The minimum absolute atomic E-state index is 0.0462. The summed E-state index contributed by atoms with van der Waals surface area (Å²) >= 11 is 0. The lowest BCUT2D eigenvalue weighted by Crippen LogP contribution is -2.55. The van der Waals surface area contributed by atoms with E-state index < -0.39 is 8.80 Å². The van der Waals surface area contributed by atoms with Crippen LogP contribution in [0.5, 0.6) is 0 Å². The summed E-state index contributed by atoms with van der Waals surface area (Å²) in [7, 11) is -2.80. The Bertz CT molecular complexity index is 227. The third-order valence-corrected chi connectivity index (χ3v) is 5.28. The van der Waals surface area contributed by atoms with Gasteiger partial charge in [-0.2, -0.15) is 0 Å². The van der Waals surface area contributed by atoms with Gasteiger partial charge < -0.3 is 22.8 Å². The molecule has 0 amide bonds. The van der Waals surface area contributed by atoms with Crippen LogP contribution in [0.15, 0.2) is 0 Å². The first kappa shape index (κ1) is 17.1. The highest BCUT2D eigenvalue weighted by molar-refractivity contribution is 6.60. The highest BCUT2D eigenvalue weighted by atomic mass is 28.4. The highest BCUT2D eigenvalue weighted by Gasteiger charge is 2.45. The Labute approximate surface area is 117 Å². The van der Waals surface area contributed by atoms with E-state index in [2.05, 4.69) is 0 Å². The van der Waals surface area contributed by atoms with Crippen LogP contribution < -0.4 is 0 Å². The van der Waals surface area contributed by atoms with Gasteiger partial charge in [-0.05, 0) is 41.5 Å². The minimum atomic E-state index is -2.80. The quantitative estimate of drug-likeness (QED) is 0.456. The number of hydrogen-bond donors (Lipinski definition) is 0. The monoisotopic (exact) mass is 292 g/mol. The van der Waals surface area contributed by atoms with Crippen LogP contribution in [0, 0.1) is 0 Å². The summed E-state index contributed by atoms with van der Waals surface area (Å²) < 4.78 is 28.8. The Morgan fingerprint density at radius 2 is 1.37 bits per heavy atom. The average Bonchev–Trinajstić information content (AvgIpc) is 2.97. The Morgan fingerprint density at radius 1 is 0.947 bits per heavy atom. The van der Waals surface area contributed by atoms with E-state index in [-0.39, 0.29) is 24.4 Å². The zero-order chi connectivity index (χ0) is 14.5. The van der Waals surface area contributed by atoms with E-state index >= 15 is 0 Å². The van der Waals surface area contributed by atoms with Gasteiger partial charge in [-0.15, -0.1) is 0 Å². The molecule has 0 spiro atoms. The second-order valence-electron chi connectivity index (χ2n) is 5.65. The molecular weight excluding hydrogens is 264 g/mol. The molecular formula is C13H28O5Si. The smallest absolute Gasteiger partial charge is 0.374 e. The van der Waals surface area contributed by atoms with Crippen molar-refractivity contribution < 1.29 is 22.8 Å². The van der Waals surface area contributed by atoms with Gasteiger partial charge in [0.1, 0.15) is 12.3 Å². The summed E-state index contributed by atoms with van der Waals surface area (Å²) in [6.07, 6.45) is 0.755. The van der Waals surface area contributed by atoms with Gasteiger partial charge in [0.25, 0.3) is 0 Å². The second-order valence-corrected chi connectivity index (χ2v) is 8.02. The van der Waals surface area contributed by atoms with Crippen molar-refractivity contribution in [3.63, 3.8) is 0 Å². The normalized spacial score (nSPS) is 19.7. The van der Waals surface area contributed by atoms with Crippen LogP contribution in [0.1, 0.15) is 41.5 Å². The number of rotatable bonds is 10. The van der Waals surface area contributed by atoms with Gasteiger partial charge in [0.15, 0.2) is 0 Å². The van der Waals surface area contributed by atoms with Crippen LogP contribution in [0.4, 0.5) is 0 Å². The summed E-state index contributed by atoms with van der Waals surface area (Å²) in [6.45, 7) is 13.3. The summed E-state index contributed by atoms with van der Waals surface area (Å²) in [5, 5.41) is 0. The molecule has 5 nitrogen and oxygen atoms in total. The predicted molar refractivity (Wildman–Crippen MR) is 75.0 cm³/mol. The van der Waals surface area contributed by atoms with Crippen LogP contribution in [0.3, 0.4) is 0 Å². The Hall–Kier alpha value is 0.0169. The van der Waals surface area contributed by atoms with E-state index in [1.165, 1.54) is 0 Å². The lowest BCUT2D eigenvalue weighted by molar-refractivity contribution is -0.0233. The van der Waals surface area contributed by atoms with Crippen molar-refractivity contribution in [2.75, 3.05) is 19.4 Å². The van der Waals surface area contributed by atoms with Crippen molar-refractivity contribution in [2.24, 2.45) is 0 Å². The molecule has 6 heteroatoms. The summed E-state index contributed by atoms with van der Waals surface area (Å²) in [5.74, 6) is 0. The average molecular weight is 292 g/mol. The zero-order valence-electron chi connectivity index (χ0n) is 13.0. The predicted octanol–water partition coefficient (Wildman–Crippen LogP) is 2.15. The standard InChI is InChI=1S/C13H28O5Si/c1-10(2)16-19(17-11(3)4,18-12(5)6)9-14-7-13-8-15-13/h10-13H,7-9H2,1-6H3. The number of epoxide rings is 1. The molecule has 1 saturated heterocycles. The van der Waals surface area contributed by atoms with E-state index in [4.69, 9.17) is 22.8 Å². The van der Waals surface area contributed by atoms with Gasteiger partial charge in [-0.3, -0.25) is 0 Å². The first-order valence-electron chi connectivity index (χ1n) is 7.06. The molecule has 1 fully saturated rings. The molecule has 114 valence electrons. The Balaban J connectivity index is 2.61. The second kappa shape index (κ2) is 7.71. The van der Waals surface area contributed by atoms with Gasteiger partial charge in [0, 0.05) is 18.3 Å². The molecule has 19 heavy (non-hydrogen) atoms. The molecule has 0 radical (unpaired) electrons. The van der Waals surface area contributed by atoms with Gasteiger partial charge in [-0.1, -0.05) is 0 Å². The molecule has 0 bridgehead atoms. The summed E-state index contributed by atoms with van der Waals surface area (Å²) in [5.41, 5.74) is 0. The van der Waals surface area contributed by atoms with Crippen molar-refractivity contribution in [1.29, 1.82) is 0 Å². The summed E-state index contributed by atoms with van der Waals surface area (Å²) in [6, 6.07) is 0. The maximum Gasteiger partial charge on any atom is 0.528 e. The van der Waals surface area contributed by atoms with Crippen molar-refractivity contribution in [2.45, 2.75) is 66.0 Å². The van der Waals surface area contributed by atoms with E-state index in [0.29, 0.717) is 12.8 Å². The number of hydrogen-bond acceptors (Lipinski definition) is 5. The van der Waals surface area contributed by atoms with E-state index in [1.807, 2.05) is 41.5 Å². The fourth-order valence-electron chi connectivity index (χ4n) is 1.74. The number of ether oxygens (including phenoxy) is 2. The van der Waals surface area contributed by atoms with Gasteiger partial charge in [-0.25, -0.2) is 0 Å². The Morgan fingerprint density at radius 3 is 1.68 bits per heavy atom. The van der Waals surface area contributed by atoms with Gasteiger partial charge in [0.2, 0.25) is 0 Å². The molecule has 0 aromatic rings. The van der Waals surface area contributed by atoms with E-state index in [1.54, 1.807) is 0 Å². The molecule has 1 atom stereocenters. The zero-order valence-corrected chi connectivity index (χ0v) is 14.0. The fourth-order valence-corrected chi connectivity index (χ4v) is 4.64. The summed E-state index contributed by atoms with van der Waals surface area (Å²) in [4.78, 5) is 0. The molecule has 0 N–H and O–H groups in total. The molecule has 1 heterocycles. The van der Waals surface area contributed by atoms with Crippen molar-refractivity contribution in [3.05, 3.63) is 0 Å². The molecule has 1 aliphatic heterocycles. The highest BCUT2D eigenvalue weighted by Crippen LogP contribution is 2.19. The van der Waals surface area contributed by atoms with E-state index in [9.17, 15) is 0 Å². The maximum absolute atomic E-state index is 5.99. The SMILES string of the molecule is CC(C)O[Si](COCC1CO1)(OC(C)C)OC(C)C. The van der Waals surface area contributed by atoms with E-state index in [0.717, 1.165) is 6.61 Å². The first-order chi connectivity index (χ1) is 8.83. The van der Waals surface area contributed by atoms with Gasteiger partial charge >= 0.3 is 8.80 Å². The van der Waals surface area contributed by atoms with Crippen LogP contribution >= 0.6 is 0 Å². The maximum atomic E-state index is 5.99. The van der Waals surface area contributed by atoms with Crippen LogP contribution in [-0.4, -0.2) is 52.7 Å². The molecule has 0 saturated carbocycles. The van der Waals surface area contributed by atoms with Crippen molar-refractivity contribution in [3.8, 4) is 0 Å². The largest absolute Gasteiger partial charge is 0.528 e. The lowest BCUT2D eigenvalue weighted by atomic mass is 10.5. The minimum Gasteiger partial charge on any atom is -0.374 e. The third kappa shape index (κ3) is 7.39. The van der Waals surface area contributed by atoms with Crippen LogP contribution in [0.25, 0.3) is 0 Å². The Kier molecular flexibility index (Phi) is 6.92. The molecule has 1 unspecified atom stereocenters. The van der Waals surface area contributed by atoms with Crippen LogP contribution in [-0.2, 0) is 22.8 Å². The first-order valence-corrected chi connectivity index (χ1v) is 8.99. The van der Waals surface area contributed by atoms with Crippen molar-refractivity contribution in [1.82, 2.24) is 0 Å². The topological polar surface area (TPSA) is 49.5 Å². The molecule has 0 aliphatic carbocycles. The van der Waals surface area contributed by atoms with Crippen molar-refractivity contribution >= 4 is 8.80 Å². The molecule has 1 rings (SSSR count). The van der Waals surface area contributed by atoms with Crippen LogP contribution in [0.2, 0.25) is 0 Å². The molecule has 0 aromatic heterocycles. The third-order valence-electron chi connectivity index (χ3n) is 2.23. The molecule has 0 aromatic carbocycles. The fraction of sp³-hybridized carbons (Fsp3) is 1.00. The van der Waals surface area contributed by atoms with Gasteiger partial charge in [0.05, 0.1) is 13.2 Å².